The van der Waals surface area contributed by atoms with Gasteiger partial charge in [-0.25, -0.2) is 4.98 Å². The summed E-state index contributed by atoms with van der Waals surface area (Å²) in [6.07, 6.45) is 0. The molecule has 1 atom stereocenters. The maximum absolute atomic E-state index is 4.65. The lowest BCUT2D eigenvalue weighted by Crippen LogP contribution is -2.41. The third-order valence-electron chi connectivity index (χ3n) is 4.06. The highest BCUT2D eigenvalue weighted by atomic mass is 127. The van der Waals surface area contributed by atoms with Crippen LogP contribution in [0.3, 0.4) is 0 Å². The zero-order valence-corrected chi connectivity index (χ0v) is 19.3. The highest BCUT2D eigenvalue weighted by molar-refractivity contribution is 14.0. The molecule has 0 fully saturated rings. The normalized spacial score (nSPS) is 12.8. The van der Waals surface area contributed by atoms with E-state index in [0.717, 1.165) is 23.2 Å². The lowest BCUT2D eigenvalue weighted by Gasteiger charge is -2.26. The van der Waals surface area contributed by atoms with E-state index in [-0.39, 0.29) is 30.0 Å². The summed E-state index contributed by atoms with van der Waals surface area (Å²) in [5.41, 5.74) is 2.44. The number of rotatable bonds is 7. The second-order valence-electron chi connectivity index (χ2n) is 6.52. The molecule has 0 bridgehead atoms. The number of guanidine groups is 1. The highest BCUT2D eigenvalue weighted by Gasteiger charge is 2.14. The number of aliphatic imine (C=N–C) groups is 1. The Labute approximate surface area is 178 Å². The van der Waals surface area contributed by atoms with Gasteiger partial charge in [-0.1, -0.05) is 44.2 Å². The molecule has 1 aromatic carbocycles. The van der Waals surface area contributed by atoms with Gasteiger partial charge in [0.25, 0.3) is 0 Å². The molecule has 1 heterocycles. The van der Waals surface area contributed by atoms with Crippen LogP contribution >= 0.6 is 35.3 Å². The van der Waals surface area contributed by atoms with Crippen LogP contribution in [0.2, 0.25) is 0 Å². The zero-order chi connectivity index (χ0) is 18.2. The van der Waals surface area contributed by atoms with Gasteiger partial charge in [0.05, 0.1) is 18.3 Å². The molecule has 0 aliphatic carbocycles. The predicted molar refractivity (Wildman–Crippen MR) is 123 cm³/mol. The van der Waals surface area contributed by atoms with Crippen molar-refractivity contribution in [2.45, 2.75) is 32.4 Å². The molecule has 0 spiro atoms. The standard InChI is InChI=1S/C19H29N5S.HI/c1-14(2)16-13-25-18(23-16)12-22-19(20-3)21-11-17(24(4)5)15-9-7-6-8-10-15;/h6-10,13-14,17H,11-12H2,1-5H3,(H2,20,21,22);1H. The lowest BCUT2D eigenvalue weighted by molar-refractivity contribution is 0.298. The largest absolute Gasteiger partial charge is 0.354 e. The van der Waals surface area contributed by atoms with Gasteiger partial charge in [0.2, 0.25) is 0 Å². The molecule has 0 saturated heterocycles. The Kier molecular flexibility index (Phi) is 10.1. The molecule has 0 aliphatic rings. The molecule has 0 radical (unpaired) electrons. The average molecular weight is 487 g/mol. The molecular weight excluding hydrogens is 457 g/mol. The summed E-state index contributed by atoms with van der Waals surface area (Å²) in [7, 11) is 5.99. The Hall–Kier alpha value is -1.19. The van der Waals surface area contributed by atoms with Crippen LogP contribution in [0.15, 0.2) is 40.7 Å². The maximum Gasteiger partial charge on any atom is 0.191 e. The summed E-state index contributed by atoms with van der Waals surface area (Å²) in [6.45, 7) is 5.80. The van der Waals surface area contributed by atoms with Crippen LogP contribution in [0.5, 0.6) is 0 Å². The minimum absolute atomic E-state index is 0. The van der Waals surface area contributed by atoms with Crippen LogP contribution in [-0.2, 0) is 6.54 Å². The fourth-order valence-corrected chi connectivity index (χ4v) is 3.41. The highest BCUT2D eigenvalue weighted by Crippen LogP contribution is 2.18. The third kappa shape index (κ3) is 6.85. The smallest absolute Gasteiger partial charge is 0.191 e. The van der Waals surface area contributed by atoms with Gasteiger partial charge < -0.3 is 15.5 Å². The minimum atomic E-state index is 0. The molecule has 1 aromatic heterocycles. The summed E-state index contributed by atoms with van der Waals surface area (Å²) in [5, 5.41) is 9.99. The van der Waals surface area contributed by atoms with E-state index in [9.17, 15) is 0 Å². The van der Waals surface area contributed by atoms with Crippen molar-refractivity contribution in [3.63, 3.8) is 0 Å². The Morgan fingerprint density at radius 1 is 1.19 bits per heavy atom. The van der Waals surface area contributed by atoms with E-state index in [0.29, 0.717) is 12.5 Å². The molecule has 2 aromatic rings. The Morgan fingerprint density at radius 2 is 1.88 bits per heavy atom. The van der Waals surface area contributed by atoms with Crippen molar-refractivity contribution in [3.8, 4) is 0 Å². The SMILES string of the molecule is CN=C(NCc1nc(C(C)C)cs1)NCC(c1ccccc1)N(C)C.I. The molecule has 5 nitrogen and oxygen atoms in total. The number of hydrogen-bond donors (Lipinski definition) is 2. The number of halogens is 1. The number of hydrogen-bond acceptors (Lipinski definition) is 4. The van der Waals surface area contributed by atoms with Crippen LogP contribution in [0.1, 0.15) is 42.1 Å². The van der Waals surface area contributed by atoms with Crippen molar-refractivity contribution >= 4 is 41.3 Å². The van der Waals surface area contributed by atoms with Crippen molar-refractivity contribution in [1.82, 2.24) is 20.5 Å². The molecule has 7 heteroatoms. The summed E-state index contributed by atoms with van der Waals surface area (Å²) in [4.78, 5) is 11.2. The summed E-state index contributed by atoms with van der Waals surface area (Å²) < 4.78 is 0. The first kappa shape index (κ1) is 22.9. The topological polar surface area (TPSA) is 52.6 Å². The van der Waals surface area contributed by atoms with E-state index in [1.807, 2.05) is 6.07 Å². The Morgan fingerprint density at radius 3 is 2.42 bits per heavy atom. The summed E-state index contributed by atoms with van der Waals surface area (Å²) in [5.74, 6) is 1.26. The van der Waals surface area contributed by atoms with Crippen molar-refractivity contribution in [2.75, 3.05) is 27.7 Å². The first-order valence-corrected chi connectivity index (χ1v) is 9.49. The summed E-state index contributed by atoms with van der Waals surface area (Å²) >= 11 is 1.69. The fraction of sp³-hybridized carbons (Fsp3) is 0.474. The Balaban J connectivity index is 0.00000338. The van der Waals surface area contributed by atoms with Gasteiger partial charge in [-0.3, -0.25) is 4.99 Å². The van der Waals surface area contributed by atoms with Gasteiger partial charge in [0.15, 0.2) is 5.96 Å². The molecule has 0 amide bonds. The average Bonchev–Trinajstić information content (AvgIpc) is 3.08. The van der Waals surface area contributed by atoms with Crippen LogP contribution in [0.4, 0.5) is 0 Å². The van der Waals surface area contributed by atoms with Crippen molar-refractivity contribution in [1.29, 1.82) is 0 Å². The van der Waals surface area contributed by atoms with E-state index < -0.39 is 0 Å². The molecule has 26 heavy (non-hydrogen) atoms. The van der Waals surface area contributed by atoms with Crippen LogP contribution in [0.25, 0.3) is 0 Å². The molecule has 144 valence electrons. The maximum atomic E-state index is 4.65. The number of likely N-dealkylation sites (N-methyl/N-ethyl adjacent to an activating group) is 1. The van der Waals surface area contributed by atoms with Gasteiger partial charge in [0, 0.05) is 19.0 Å². The van der Waals surface area contributed by atoms with Gasteiger partial charge >= 0.3 is 0 Å². The van der Waals surface area contributed by atoms with Gasteiger partial charge in [-0.15, -0.1) is 35.3 Å². The van der Waals surface area contributed by atoms with Crippen LogP contribution < -0.4 is 10.6 Å². The van der Waals surface area contributed by atoms with Crippen LogP contribution in [-0.4, -0.2) is 43.5 Å². The predicted octanol–water partition coefficient (Wildman–Crippen LogP) is 3.85. The summed E-state index contributed by atoms with van der Waals surface area (Å²) in [6, 6.07) is 10.8. The van der Waals surface area contributed by atoms with Crippen LogP contribution in [0, 0.1) is 0 Å². The molecule has 0 saturated carbocycles. The monoisotopic (exact) mass is 487 g/mol. The van der Waals surface area contributed by atoms with E-state index >= 15 is 0 Å². The first-order valence-electron chi connectivity index (χ1n) is 8.61. The van der Waals surface area contributed by atoms with E-state index in [1.165, 1.54) is 5.56 Å². The van der Waals surface area contributed by atoms with Gasteiger partial charge in [0.1, 0.15) is 5.01 Å². The number of nitrogens with zero attached hydrogens (tertiary/aromatic N) is 3. The number of aromatic nitrogens is 1. The van der Waals surface area contributed by atoms with E-state index in [1.54, 1.807) is 18.4 Å². The number of thiazole rings is 1. The molecule has 2 rings (SSSR count). The number of benzene rings is 1. The fourth-order valence-electron chi connectivity index (χ4n) is 2.52. The van der Waals surface area contributed by atoms with Crippen molar-refractivity contribution < 1.29 is 0 Å². The second-order valence-corrected chi connectivity index (χ2v) is 7.46. The zero-order valence-electron chi connectivity index (χ0n) is 16.2. The third-order valence-corrected chi connectivity index (χ3v) is 4.93. The molecule has 0 aliphatic heterocycles. The van der Waals surface area contributed by atoms with Crippen molar-refractivity contribution in [2.24, 2.45) is 4.99 Å². The molecular formula is C19H30IN5S. The quantitative estimate of drug-likeness (QED) is 0.354. The van der Waals surface area contributed by atoms with E-state index in [4.69, 9.17) is 0 Å². The molecule has 1 unspecified atom stereocenters. The first-order chi connectivity index (χ1) is 12.0. The number of nitrogens with one attached hydrogen (secondary N) is 2. The molecule has 2 N–H and O–H groups in total. The van der Waals surface area contributed by atoms with Gasteiger partial charge in [-0.2, -0.15) is 0 Å². The van der Waals surface area contributed by atoms with E-state index in [2.05, 4.69) is 83.1 Å². The van der Waals surface area contributed by atoms with Crippen molar-refractivity contribution in [3.05, 3.63) is 52.0 Å². The minimum Gasteiger partial charge on any atom is -0.354 e. The second kappa shape index (κ2) is 11.5. The lowest BCUT2D eigenvalue weighted by atomic mass is 10.1. The van der Waals surface area contributed by atoms with Gasteiger partial charge in [-0.05, 0) is 25.6 Å². The Bertz CT molecular complexity index is 670.